The Balaban J connectivity index is 2.97. The average Bonchev–Trinajstić information content (AvgIpc) is 2.28. The van der Waals surface area contributed by atoms with Crippen molar-refractivity contribution in [2.75, 3.05) is 13.1 Å². The van der Waals surface area contributed by atoms with Gasteiger partial charge in [-0.05, 0) is 53.6 Å². The van der Waals surface area contributed by atoms with Gasteiger partial charge >= 0.3 is 0 Å². The lowest BCUT2D eigenvalue weighted by molar-refractivity contribution is 0.0742. The van der Waals surface area contributed by atoms with Crippen molar-refractivity contribution in [2.24, 2.45) is 5.92 Å². The standard InChI is InChI=1S/C13H18INO2/c1-4-15(8-9(2)3)13(17)11-7-10(14)5-6-12(11)16/h5-7,9,16H,4,8H2,1-3H3. The fourth-order valence-electron chi connectivity index (χ4n) is 1.65. The van der Waals surface area contributed by atoms with Crippen LogP contribution < -0.4 is 0 Å². The van der Waals surface area contributed by atoms with Crippen LogP contribution in [-0.4, -0.2) is 29.0 Å². The number of hydrogen-bond acceptors (Lipinski definition) is 2. The summed E-state index contributed by atoms with van der Waals surface area (Å²) in [5.41, 5.74) is 0.388. The van der Waals surface area contributed by atoms with Crippen LogP contribution in [0.4, 0.5) is 0 Å². The molecular formula is C13H18INO2. The van der Waals surface area contributed by atoms with Crippen LogP contribution >= 0.6 is 22.6 Å². The molecular weight excluding hydrogens is 329 g/mol. The van der Waals surface area contributed by atoms with E-state index in [1.165, 1.54) is 0 Å². The lowest BCUT2D eigenvalue weighted by atomic mass is 10.1. The van der Waals surface area contributed by atoms with Gasteiger partial charge in [-0.15, -0.1) is 0 Å². The molecule has 1 amide bonds. The van der Waals surface area contributed by atoms with E-state index in [-0.39, 0.29) is 11.7 Å². The smallest absolute Gasteiger partial charge is 0.257 e. The van der Waals surface area contributed by atoms with E-state index in [2.05, 4.69) is 36.4 Å². The number of carbonyl (C=O) groups excluding carboxylic acids is 1. The molecule has 0 unspecified atom stereocenters. The summed E-state index contributed by atoms with van der Waals surface area (Å²) >= 11 is 2.13. The first kappa shape index (κ1) is 14.3. The maximum absolute atomic E-state index is 12.2. The largest absolute Gasteiger partial charge is 0.507 e. The number of phenolic OH excluding ortho intramolecular Hbond substituents is 1. The molecule has 1 aromatic rings. The van der Waals surface area contributed by atoms with Crippen LogP contribution in [0.25, 0.3) is 0 Å². The highest BCUT2D eigenvalue weighted by Gasteiger charge is 2.18. The molecule has 0 aliphatic rings. The topological polar surface area (TPSA) is 40.5 Å². The number of phenols is 1. The zero-order valence-corrected chi connectivity index (χ0v) is 12.6. The summed E-state index contributed by atoms with van der Waals surface area (Å²) < 4.78 is 0.948. The van der Waals surface area contributed by atoms with Gasteiger partial charge in [-0.2, -0.15) is 0 Å². The van der Waals surface area contributed by atoms with Crippen LogP contribution in [0.5, 0.6) is 5.75 Å². The fraction of sp³-hybridized carbons (Fsp3) is 0.462. The zero-order valence-electron chi connectivity index (χ0n) is 10.4. The number of hydrogen-bond donors (Lipinski definition) is 1. The first-order valence-corrected chi connectivity index (χ1v) is 6.81. The summed E-state index contributed by atoms with van der Waals surface area (Å²) in [5.74, 6) is 0.374. The minimum atomic E-state index is -0.0998. The van der Waals surface area contributed by atoms with Crippen molar-refractivity contribution in [2.45, 2.75) is 20.8 Å². The summed E-state index contributed by atoms with van der Waals surface area (Å²) in [5, 5.41) is 9.73. The molecule has 1 N–H and O–H groups in total. The van der Waals surface area contributed by atoms with Gasteiger partial charge < -0.3 is 10.0 Å². The number of aromatic hydroxyl groups is 1. The number of benzene rings is 1. The van der Waals surface area contributed by atoms with Crippen LogP contribution in [0, 0.1) is 9.49 Å². The Morgan fingerprint density at radius 2 is 2.12 bits per heavy atom. The molecule has 4 heteroatoms. The highest BCUT2D eigenvalue weighted by molar-refractivity contribution is 14.1. The Morgan fingerprint density at radius 3 is 2.65 bits per heavy atom. The lowest BCUT2D eigenvalue weighted by Crippen LogP contribution is -2.34. The van der Waals surface area contributed by atoms with E-state index in [0.717, 1.165) is 3.57 Å². The van der Waals surface area contributed by atoms with Gasteiger partial charge in [0.25, 0.3) is 5.91 Å². The van der Waals surface area contributed by atoms with Gasteiger partial charge in [0.05, 0.1) is 5.56 Å². The second-order valence-corrected chi connectivity index (χ2v) is 5.64. The number of amides is 1. The Morgan fingerprint density at radius 1 is 1.47 bits per heavy atom. The molecule has 1 aromatic carbocycles. The van der Waals surface area contributed by atoms with Crippen molar-refractivity contribution in [3.05, 3.63) is 27.3 Å². The Hall–Kier alpha value is -0.780. The molecule has 0 saturated carbocycles. The van der Waals surface area contributed by atoms with E-state index in [1.54, 1.807) is 23.1 Å². The quantitative estimate of drug-likeness (QED) is 0.851. The number of carbonyl (C=O) groups is 1. The fourth-order valence-corrected chi connectivity index (χ4v) is 2.14. The van der Waals surface area contributed by atoms with Crippen molar-refractivity contribution in [1.29, 1.82) is 0 Å². The molecule has 3 nitrogen and oxygen atoms in total. The van der Waals surface area contributed by atoms with Gasteiger partial charge in [0.15, 0.2) is 0 Å². The van der Waals surface area contributed by atoms with Crippen molar-refractivity contribution in [1.82, 2.24) is 4.90 Å². The molecule has 94 valence electrons. The van der Waals surface area contributed by atoms with Crippen molar-refractivity contribution < 1.29 is 9.90 Å². The highest BCUT2D eigenvalue weighted by atomic mass is 127. The third-order valence-corrected chi connectivity index (χ3v) is 3.11. The van der Waals surface area contributed by atoms with Crippen molar-refractivity contribution in [3.8, 4) is 5.75 Å². The molecule has 0 aromatic heterocycles. The van der Waals surface area contributed by atoms with E-state index in [9.17, 15) is 9.90 Å². The summed E-state index contributed by atoms with van der Waals surface area (Å²) in [4.78, 5) is 14.0. The van der Waals surface area contributed by atoms with Crippen molar-refractivity contribution in [3.63, 3.8) is 0 Å². The lowest BCUT2D eigenvalue weighted by Gasteiger charge is -2.23. The van der Waals surface area contributed by atoms with E-state index in [0.29, 0.717) is 24.6 Å². The molecule has 0 spiro atoms. The average molecular weight is 347 g/mol. The summed E-state index contributed by atoms with van der Waals surface area (Å²) in [7, 11) is 0. The van der Waals surface area contributed by atoms with E-state index in [4.69, 9.17) is 0 Å². The van der Waals surface area contributed by atoms with Gasteiger partial charge in [-0.1, -0.05) is 13.8 Å². The second kappa shape index (κ2) is 6.23. The molecule has 0 aliphatic heterocycles. The van der Waals surface area contributed by atoms with E-state index in [1.807, 2.05) is 6.92 Å². The van der Waals surface area contributed by atoms with Crippen molar-refractivity contribution >= 4 is 28.5 Å². The predicted molar refractivity (Wildman–Crippen MR) is 77.2 cm³/mol. The summed E-state index contributed by atoms with van der Waals surface area (Å²) in [6.07, 6.45) is 0. The molecule has 0 saturated heterocycles. The van der Waals surface area contributed by atoms with Crippen LogP contribution in [0.3, 0.4) is 0 Å². The first-order chi connectivity index (χ1) is 7.95. The maximum atomic E-state index is 12.2. The molecule has 0 fully saturated rings. The molecule has 1 rings (SSSR count). The first-order valence-electron chi connectivity index (χ1n) is 5.73. The van der Waals surface area contributed by atoms with Crippen LogP contribution in [0.2, 0.25) is 0 Å². The highest BCUT2D eigenvalue weighted by Crippen LogP contribution is 2.21. The molecule has 0 aliphatic carbocycles. The van der Waals surface area contributed by atoms with Crippen LogP contribution in [0.1, 0.15) is 31.1 Å². The molecule has 17 heavy (non-hydrogen) atoms. The normalized spacial score (nSPS) is 10.6. The molecule has 0 atom stereocenters. The SMILES string of the molecule is CCN(CC(C)C)C(=O)c1cc(I)ccc1O. The third kappa shape index (κ3) is 3.87. The summed E-state index contributed by atoms with van der Waals surface area (Å²) in [6.45, 7) is 7.46. The predicted octanol–water partition coefficient (Wildman–Crippen LogP) is 3.11. The number of halogens is 1. The van der Waals surface area contributed by atoms with Gasteiger partial charge in [-0.3, -0.25) is 4.79 Å². The van der Waals surface area contributed by atoms with Gasteiger partial charge in [0.1, 0.15) is 5.75 Å². The summed E-state index contributed by atoms with van der Waals surface area (Å²) in [6, 6.07) is 5.07. The third-order valence-electron chi connectivity index (χ3n) is 2.44. The van der Waals surface area contributed by atoms with E-state index >= 15 is 0 Å². The molecule has 0 bridgehead atoms. The van der Waals surface area contributed by atoms with Gasteiger partial charge in [-0.25, -0.2) is 0 Å². The second-order valence-electron chi connectivity index (χ2n) is 4.40. The Kier molecular flexibility index (Phi) is 5.24. The minimum absolute atomic E-state index is 0.0534. The van der Waals surface area contributed by atoms with Crippen LogP contribution in [-0.2, 0) is 0 Å². The molecule has 0 heterocycles. The number of rotatable bonds is 4. The maximum Gasteiger partial charge on any atom is 0.257 e. The van der Waals surface area contributed by atoms with Gasteiger partial charge in [0, 0.05) is 16.7 Å². The van der Waals surface area contributed by atoms with Gasteiger partial charge in [0.2, 0.25) is 0 Å². The Labute approximate surface area is 116 Å². The number of nitrogens with zero attached hydrogens (tertiary/aromatic N) is 1. The van der Waals surface area contributed by atoms with Crippen LogP contribution in [0.15, 0.2) is 18.2 Å². The van der Waals surface area contributed by atoms with E-state index < -0.39 is 0 Å². The Bertz CT molecular complexity index is 404. The zero-order chi connectivity index (χ0) is 13.0. The monoisotopic (exact) mass is 347 g/mol. The molecule has 0 radical (unpaired) electrons. The minimum Gasteiger partial charge on any atom is -0.507 e.